The van der Waals surface area contributed by atoms with Crippen LogP contribution in [0.1, 0.15) is 24.8 Å². The smallest absolute Gasteiger partial charge is 0.165 e. The first-order valence-electron chi connectivity index (χ1n) is 5.41. The Bertz CT molecular complexity index is 522. The number of aromatic nitrogens is 1. The lowest BCUT2D eigenvalue weighted by Gasteiger charge is -2.03. The van der Waals surface area contributed by atoms with Gasteiger partial charge in [-0.2, -0.15) is 0 Å². The summed E-state index contributed by atoms with van der Waals surface area (Å²) in [5.41, 5.74) is 1.60. The zero-order chi connectivity index (χ0) is 12.4. The van der Waals surface area contributed by atoms with E-state index in [1.54, 1.807) is 17.4 Å². The topological polar surface area (TPSA) is 22.1 Å². The minimum absolute atomic E-state index is 0.257. The van der Waals surface area contributed by atoms with Gasteiger partial charge in [0.15, 0.2) is 11.6 Å². The van der Waals surface area contributed by atoms with Crippen molar-refractivity contribution in [3.8, 4) is 17.0 Å². The summed E-state index contributed by atoms with van der Waals surface area (Å²) in [5, 5.41) is 3.02. The van der Waals surface area contributed by atoms with Crippen LogP contribution < -0.4 is 4.74 Å². The largest absolute Gasteiger partial charge is 0.494 e. The number of rotatable bonds is 3. The van der Waals surface area contributed by atoms with Crippen LogP contribution in [0.25, 0.3) is 11.3 Å². The molecule has 0 bridgehead atoms. The summed E-state index contributed by atoms with van der Waals surface area (Å²) in [7, 11) is 1.46. The van der Waals surface area contributed by atoms with E-state index >= 15 is 0 Å². The Labute approximate surface area is 104 Å². The summed E-state index contributed by atoms with van der Waals surface area (Å²) in [5.74, 6) is 0.300. The third-order valence-corrected chi connectivity index (χ3v) is 3.61. The fourth-order valence-corrected chi connectivity index (χ4v) is 2.36. The molecule has 0 radical (unpaired) electrons. The molecule has 0 amide bonds. The molecule has 1 aromatic carbocycles. The summed E-state index contributed by atoms with van der Waals surface area (Å²) < 4.78 is 18.4. The minimum atomic E-state index is -0.357. The first-order valence-corrected chi connectivity index (χ1v) is 6.29. The molecule has 0 aliphatic heterocycles. The fourth-order valence-electron chi connectivity index (χ4n) is 1.51. The van der Waals surface area contributed by atoms with Gasteiger partial charge >= 0.3 is 0 Å². The summed E-state index contributed by atoms with van der Waals surface area (Å²) >= 11 is 1.60. The maximum absolute atomic E-state index is 13.6. The van der Waals surface area contributed by atoms with Crippen molar-refractivity contribution in [2.75, 3.05) is 7.11 Å². The van der Waals surface area contributed by atoms with Gasteiger partial charge in [-0.3, -0.25) is 0 Å². The Hall–Kier alpha value is -1.42. The van der Waals surface area contributed by atoms with Crippen LogP contribution in [0.3, 0.4) is 0 Å². The number of methoxy groups -OCH3 is 1. The number of ether oxygens (including phenoxy) is 1. The van der Waals surface area contributed by atoms with Crippen molar-refractivity contribution in [1.29, 1.82) is 0 Å². The van der Waals surface area contributed by atoms with E-state index in [-0.39, 0.29) is 11.6 Å². The van der Waals surface area contributed by atoms with Crippen molar-refractivity contribution in [3.63, 3.8) is 0 Å². The molecular formula is C13H14FNOS. The van der Waals surface area contributed by atoms with Crippen LogP contribution in [-0.4, -0.2) is 12.1 Å². The maximum atomic E-state index is 13.6. The van der Waals surface area contributed by atoms with Crippen LogP contribution in [-0.2, 0) is 0 Å². The van der Waals surface area contributed by atoms with Crippen molar-refractivity contribution >= 4 is 11.3 Å². The monoisotopic (exact) mass is 251 g/mol. The molecule has 0 saturated carbocycles. The van der Waals surface area contributed by atoms with Gasteiger partial charge in [-0.1, -0.05) is 13.8 Å². The highest BCUT2D eigenvalue weighted by Crippen LogP contribution is 2.28. The lowest BCUT2D eigenvalue weighted by Crippen LogP contribution is -1.89. The summed E-state index contributed by atoms with van der Waals surface area (Å²) in [6, 6.07) is 4.90. The first-order chi connectivity index (χ1) is 8.11. The van der Waals surface area contributed by atoms with E-state index in [0.29, 0.717) is 5.92 Å². The molecule has 1 heterocycles. The molecule has 0 aliphatic rings. The molecule has 0 N–H and O–H groups in total. The molecule has 4 heteroatoms. The molecule has 0 spiro atoms. The zero-order valence-electron chi connectivity index (χ0n) is 10.0. The highest BCUT2D eigenvalue weighted by molar-refractivity contribution is 7.10. The van der Waals surface area contributed by atoms with Gasteiger partial charge in [0, 0.05) is 16.9 Å². The van der Waals surface area contributed by atoms with Gasteiger partial charge in [0.05, 0.1) is 17.8 Å². The van der Waals surface area contributed by atoms with Gasteiger partial charge in [0.2, 0.25) is 0 Å². The molecule has 0 aliphatic carbocycles. The predicted octanol–water partition coefficient (Wildman–Crippen LogP) is 4.08. The average molecular weight is 251 g/mol. The average Bonchev–Trinajstić information content (AvgIpc) is 2.78. The number of thiazole rings is 1. The van der Waals surface area contributed by atoms with E-state index in [1.807, 2.05) is 11.4 Å². The van der Waals surface area contributed by atoms with Gasteiger partial charge in [0.1, 0.15) is 0 Å². The van der Waals surface area contributed by atoms with Crippen LogP contribution in [0.15, 0.2) is 23.6 Å². The minimum Gasteiger partial charge on any atom is -0.494 e. The second-order valence-electron chi connectivity index (χ2n) is 4.08. The van der Waals surface area contributed by atoms with Crippen LogP contribution in [0.2, 0.25) is 0 Å². The summed E-state index contributed by atoms with van der Waals surface area (Å²) in [6.07, 6.45) is 0. The Morgan fingerprint density at radius 1 is 1.35 bits per heavy atom. The Morgan fingerprint density at radius 3 is 2.65 bits per heavy atom. The van der Waals surface area contributed by atoms with Crippen molar-refractivity contribution < 1.29 is 9.13 Å². The van der Waals surface area contributed by atoms with Gasteiger partial charge < -0.3 is 4.74 Å². The van der Waals surface area contributed by atoms with Crippen molar-refractivity contribution in [3.05, 3.63) is 34.4 Å². The molecule has 0 fully saturated rings. The quantitative estimate of drug-likeness (QED) is 0.820. The highest BCUT2D eigenvalue weighted by atomic mass is 32.1. The predicted molar refractivity (Wildman–Crippen MR) is 68.1 cm³/mol. The van der Waals surface area contributed by atoms with E-state index in [9.17, 15) is 4.39 Å². The number of hydrogen-bond donors (Lipinski definition) is 0. The van der Waals surface area contributed by atoms with E-state index in [2.05, 4.69) is 18.8 Å². The first kappa shape index (κ1) is 12.0. The standard InChI is InChI=1S/C13H14FNOS/c1-8(2)13-15-11(7-17-13)9-4-5-12(16-3)10(14)6-9/h4-8H,1-3H3. The summed E-state index contributed by atoms with van der Waals surface area (Å²) in [4.78, 5) is 4.49. The van der Waals surface area contributed by atoms with Crippen molar-refractivity contribution in [2.45, 2.75) is 19.8 Å². The SMILES string of the molecule is COc1ccc(-c2csc(C(C)C)n2)cc1F. The molecular weight excluding hydrogens is 237 g/mol. The van der Waals surface area contributed by atoms with E-state index < -0.39 is 0 Å². The molecule has 0 atom stereocenters. The number of halogens is 1. The number of hydrogen-bond acceptors (Lipinski definition) is 3. The van der Waals surface area contributed by atoms with E-state index in [4.69, 9.17) is 4.74 Å². The third kappa shape index (κ3) is 2.47. The second-order valence-corrected chi connectivity index (χ2v) is 4.96. The maximum Gasteiger partial charge on any atom is 0.165 e. The number of benzene rings is 1. The number of nitrogens with zero attached hydrogens (tertiary/aromatic N) is 1. The Kier molecular flexibility index (Phi) is 3.43. The van der Waals surface area contributed by atoms with E-state index in [0.717, 1.165) is 16.3 Å². The normalized spacial score (nSPS) is 10.9. The van der Waals surface area contributed by atoms with Crippen LogP contribution in [0.5, 0.6) is 5.75 Å². The molecule has 1 aromatic heterocycles. The van der Waals surface area contributed by atoms with Crippen molar-refractivity contribution in [2.24, 2.45) is 0 Å². The van der Waals surface area contributed by atoms with Crippen molar-refractivity contribution in [1.82, 2.24) is 4.98 Å². The molecule has 2 nitrogen and oxygen atoms in total. The van der Waals surface area contributed by atoms with Crippen LogP contribution in [0, 0.1) is 5.82 Å². The molecule has 2 aromatic rings. The molecule has 2 rings (SSSR count). The summed E-state index contributed by atoms with van der Waals surface area (Å²) in [6.45, 7) is 4.19. The molecule has 0 saturated heterocycles. The molecule has 0 unspecified atom stereocenters. The lowest BCUT2D eigenvalue weighted by molar-refractivity contribution is 0.386. The van der Waals surface area contributed by atoms with Crippen LogP contribution in [0.4, 0.5) is 4.39 Å². The highest BCUT2D eigenvalue weighted by Gasteiger charge is 2.10. The third-order valence-electron chi connectivity index (χ3n) is 2.46. The van der Waals surface area contributed by atoms with Gasteiger partial charge in [-0.05, 0) is 18.2 Å². The van der Waals surface area contributed by atoms with Gasteiger partial charge in [-0.25, -0.2) is 9.37 Å². The fraction of sp³-hybridized carbons (Fsp3) is 0.308. The lowest BCUT2D eigenvalue weighted by atomic mass is 10.1. The van der Waals surface area contributed by atoms with Gasteiger partial charge in [-0.15, -0.1) is 11.3 Å². The molecule has 90 valence electrons. The Morgan fingerprint density at radius 2 is 2.12 bits per heavy atom. The zero-order valence-corrected chi connectivity index (χ0v) is 10.8. The van der Waals surface area contributed by atoms with Gasteiger partial charge in [0.25, 0.3) is 0 Å². The van der Waals surface area contributed by atoms with Crippen LogP contribution >= 0.6 is 11.3 Å². The second kappa shape index (κ2) is 4.84. The van der Waals surface area contributed by atoms with E-state index in [1.165, 1.54) is 13.2 Å². The molecule has 17 heavy (non-hydrogen) atoms. The Balaban J connectivity index is 2.36.